The lowest BCUT2D eigenvalue weighted by Gasteiger charge is -2.40. The zero-order chi connectivity index (χ0) is 24.3. The van der Waals surface area contributed by atoms with E-state index in [2.05, 4.69) is 5.32 Å². The second kappa shape index (κ2) is 9.78. The third kappa shape index (κ3) is 4.71. The molecule has 1 heterocycles. The van der Waals surface area contributed by atoms with E-state index >= 15 is 0 Å². The van der Waals surface area contributed by atoms with Gasteiger partial charge in [-0.25, -0.2) is 4.39 Å². The van der Waals surface area contributed by atoms with Crippen LogP contribution in [-0.4, -0.2) is 29.0 Å². The van der Waals surface area contributed by atoms with Crippen LogP contribution in [0.3, 0.4) is 0 Å². The van der Waals surface area contributed by atoms with Crippen LogP contribution in [0.1, 0.15) is 36.8 Å². The van der Waals surface area contributed by atoms with Gasteiger partial charge in [0.15, 0.2) is 11.5 Å². The summed E-state index contributed by atoms with van der Waals surface area (Å²) in [5.41, 5.74) is 0.716. The predicted molar refractivity (Wildman–Crippen MR) is 129 cm³/mol. The van der Waals surface area contributed by atoms with Gasteiger partial charge in [0.25, 0.3) is 0 Å². The van der Waals surface area contributed by atoms with Crippen LogP contribution in [0, 0.1) is 5.82 Å². The predicted octanol–water partition coefficient (Wildman–Crippen LogP) is 5.08. The van der Waals surface area contributed by atoms with Gasteiger partial charge in [-0.15, -0.1) is 0 Å². The fraction of sp³-hybridized carbons (Fsp3) is 0.286. The van der Waals surface area contributed by atoms with E-state index in [0.717, 1.165) is 18.4 Å². The van der Waals surface area contributed by atoms with Gasteiger partial charge in [-0.1, -0.05) is 61.4 Å². The molecule has 0 unspecified atom stereocenters. The molecule has 0 spiro atoms. The van der Waals surface area contributed by atoms with Gasteiger partial charge < -0.3 is 19.7 Å². The van der Waals surface area contributed by atoms with Gasteiger partial charge in [0.05, 0.1) is 6.42 Å². The highest BCUT2D eigenvalue weighted by molar-refractivity contribution is 6.01. The Morgan fingerprint density at radius 2 is 1.63 bits per heavy atom. The second-order valence-electron chi connectivity index (χ2n) is 8.99. The Morgan fingerprint density at radius 1 is 0.914 bits per heavy atom. The van der Waals surface area contributed by atoms with Crippen molar-refractivity contribution in [3.8, 4) is 11.5 Å². The summed E-state index contributed by atoms with van der Waals surface area (Å²) in [6.07, 6.45) is 2.77. The topological polar surface area (TPSA) is 67.9 Å². The van der Waals surface area contributed by atoms with E-state index in [1.54, 1.807) is 41.3 Å². The first kappa shape index (κ1) is 22.9. The lowest BCUT2D eigenvalue weighted by Crippen LogP contribution is -2.57. The minimum atomic E-state index is -1.08. The van der Waals surface area contributed by atoms with Crippen LogP contribution in [0.25, 0.3) is 0 Å². The molecule has 0 radical (unpaired) electrons. The molecule has 2 aliphatic rings. The number of benzene rings is 3. The molecule has 0 bridgehead atoms. The van der Waals surface area contributed by atoms with Gasteiger partial charge in [0.2, 0.25) is 18.6 Å². The zero-order valence-electron chi connectivity index (χ0n) is 19.3. The number of ether oxygens (including phenoxy) is 2. The van der Waals surface area contributed by atoms with Crippen LogP contribution in [0.5, 0.6) is 11.5 Å². The summed E-state index contributed by atoms with van der Waals surface area (Å²) in [5, 5.41) is 2.99. The minimum Gasteiger partial charge on any atom is -0.454 e. The summed E-state index contributed by atoms with van der Waals surface area (Å²) in [6, 6.07) is 21.0. The number of carbonyl (C=O) groups is 2. The Kier molecular flexibility index (Phi) is 6.40. The number of carbonyl (C=O) groups excluding carboxylic acids is 2. The monoisotopic (exact) mass is 474 g/mol. The quantitative estimate of drug-likeness (QED) is 0.519. The summed E-state index contributed by atoms with van der Waals surface area (Å²) < 4.78 is 25.5. The number of amides is 2. The first-order chi connectivity index (χ1) is 17.0. The standard InChI is InChI=1S/C28H27FN2O4/c29-23-11-5-4-10-21(23)18-31(26(32)16-20-8-2-1-3-9-20)28(14-6-7-15-28)27(33)30-22-12-13-24-25(17-22)35-19-34-24/h1-5,8-13,17H,6-7,14-16,18-19H2,(H,30,33). The molecule has 6 nitrogen and oxygen atoms in total. The van der Waals surface area contributed by atoms with Crippen LogP contribution in [0.4, 0.5) is 10.1 Å². The molecule has 3 aromatic carbocycles. The average Bonchev–Trinajstić information content (AvgIpc) is 3.54. The molecule has 35 heavy (non-hydrogen) atoms. The molecule has 0 atom stereocenters. The van der Waals surface area contributed by atoms with Crippen molar-refractivity contribution < 1.29 is 23.5 Å². The van der Waals surface area contributed by atoms with Crippen molar-refractivity contribution >= 4 is 17.5 Å². The summed E-state index contributed by atoms with van der Waals surface area (Å²) in [4.78, 5) is 29.1. The SMILES string of the molecule is O=C(Cc1ccccc1)N(Cc1ccccc1F)C1(C(=O)Nc2ccc3c(c2)OCO3)CCCC1. The number of nitrogens with zero attached hydrogens (tertiary/aromatic N) is 1. The fourth-order valence-corrected chi connectivity index (χ4v) is 4.94. The molecule has 7 heteroatoms. The third-order valence-corrected chi connectivity index (χ3v) is 6.79. The highest BCUT2D eigenvalue weighted by Gasteiger charge is 2.48. The van der Waals surface area contributed by atoms with Crippen molar-refractivity contribution in [2.45, 2.75) is 44.2 Å². The molecule has 1 aliphatic heterocycles. The lowest BCUT2D eigenvalue weighted by molar-refractivity contribution is -0.145. The largest absolute Gasteiger partial charge is 0.454 e. The molecular weight excluding hydrogens is 447 g/mol. The van der Waals surface area contributed by atoms with Crippen molar-refractivity contribution in [3.63, 3.8) is 0 Å². The number of anilines is 1. The van der Waals surface area contributed by atoms with Crippen LogP contribution in [-0.2, 0) is 22.6 Å². The van der Waals surface area contributed by atoms with E-state index < -0.39 is 11.4 Å². The van der Waals surface area contributed by atoms with Crippen molar-refractivity contribution in [3.05, 3.63) is 89.7 Å². The molecule has 3 aromatic rings. The minimum absolute atomic E-state index is 0.0207. The Hall–Kier alpha value is -3.87. The van der Waals surface area contributed by atoms with Gasteiger partial charge >= 0.3 is 0 Å². The van der Waals surface area contributed by atoms with E-state index in [4.69, 9.17) is 9.47 Å². The molecule has 2 amide bonds. The molecule has 1 N–H and O–H groups in total. The van der Waals surface area contributed by atoms with Crippen LogP contribution >= 0.6 is 0 Å². The highest BCUT2D eigenvalue weighted by atomic mass is 19.1. The molecule has 5 rings (SSSR count). The van der Waals surface area contributed by atoms with Gasteiger partial charge in [-0.2, -0.15) is 0 Å². The van der Waals surface area contributed by atoms with Crippen LogP contribution < -0.4 is 14.8 Å². The zero-order valence-corrected chi connectivity index (χ0v) is 19.3. The molecular formula is C28H27FN2O4. The summed E-state index contributed by atoms with van der Waals surface area (Å²) in [6.45, 7) is 0.161. The second-order valence-corrected chi connectivity index (χ2v) is 8.99. The smallest absolute Gasteiger partial charge is 0.250 e. The first-order valence-corrected chi connectivity index (χ1v) is 11.8. The van der Waals surface area contributed by atoms with Crippen LogP contribution in [0.15, 0.2) is 72.8 Å². The van der Waals surface area contributed by atoms with Crippen LogP contribution in [0.2, 0.25) is 0 Å². The van der Waals surface area contributed by atoms with E-state index in [9.17, 15) is 14.0 Å². The average molecular weight is 475 g/mol. The van der Waals surface area contributed by atoms with Crippen molar-refractivity contribution in [1.82, 2.24) is 4.90 Å². The Balaban J connectivity index is 1.47. The van der Waals surface area contributed by atoms with Gasteiger partial charge in [0.1, 0.15) is 11.4 Å². The Labute approximate surface area is 203 Å². The number of rotatable bonds is 7. The number of fused-ring (bicyclic) bond motifs is 1. The van der Waals surface area contributed by atoms with E-state index in [1.165, 1.54) is 6.07 Å². The Morgan fingerprint density at radius 3 is 2.40 bits per heavy atom. The first-order valence-electron chi connectivity index (χ1n) is 11.8. The maximum absolute atomic E-state index is 14.7. The molecule has 1 aliphatic carbocycles. The van der Waals surface area contributed by atoms with E-state index in [1.807, 2.05) is 30.3 Å². The highest BCUT2D eigenvalue weighted by Crippen LogP contribution is 2.39. The van der Waals surface area contributed by atoms with Crippen molar-refractivity contribution in [2.24, 2.45) is 0 Å². The van der Waals surface area contributed by atoms with Crippen molar-refractivity contribution in [2.75, 3.05) is 12.1 Å². The molecule has 1 saturated carbocycles. The number of hydrogen-bond acceptors (Lipinski definition) is 4. The van der Waals surface area contributed by atoms with Gasteiger partial charge in [0, 0.05) is 23.9 Å². The fourth-order valence-electron chi connectivity index (χ4n) is 4.94. The Bertz CT molecular complexity index is 1220. The lowest BCUT2D eigenvalue weighted by atomic mass is 9.91. The van der Waals surface area contributed by atoms with Crippen molar-refractivity contribution in [1.29, 1.82) is 0 Å². The van der Waals surface area contributed by atoms with E-state index in [-0.39, 0.29) is 31.6 Å². The number of nitrogens with one attached hydrogen (secondary N) is 1. The molecule has 180 valence electrons. The summed E-state index contributed by atoms with van der Waals surface area (Å²) in [7, 11) is 0. The third-order valence-electron chi connectivity index (χ3n) is 6.79. The summed E-state index contributed by atoms with van der Waals surface area (Å²) in [5.74, 6) is 0.313. The molecule has 0 saturated heterocycles. The molecule has 0 aromatic heterocycles. The number of hydrogen-bond donors (Lipinski definition) is 1. The normalized spacial score (nSPS) is 15.6. The van der Waals surface area contributed by atoms with Gasteiger partial charge in [-0.3, -0.25) is 9.59 Å². The summed E-state index contributed by atoms with van der Waals surface area (Å²) >= 11 is 0. The van der Waals surface area contributed by atoms with E-state index in [0.29, 0.717) is 35.6 Å². The number of halogens is 1. The molecule has 1 fully saturated rings. The maximum atomic E-state index is 14.7. The van der Waals surface area contributed by atoms with Gasteiger partial charge in [-0.05, 0) is 36.6 Å². The maximum Gasteiger partial charge on any atom is 0.250 e.